The molecular formula is C13H21ClN2O2S. The molecule has 0 amide bonds. The van der Waals surface area contributed by atoms with Gasteiger partial charge in [-0.05, 0) is 13.8 Å². The lowest BCUT2D eigenvalue weighted by atomic mass is 10.1. The van der Waals surface area contributed by atoms with Crippen LogP contribution in [-0.4, -0.2) is 52.9 Å². The Morgan fingerprint density at radius 2 is 2.42 bits per heavy atom. The highest BCUT2D eigenvalue weighted by Crippen LogP contribution is 2.21. The first kappa shape index (κ1) is 15.2. The molecule has 2 heterocycles. The van der Waals surface area contributed by atoms with Gasteiger partial charge in [0.25, 0.3) is 0 Å². The quantitative estimate of drug-likeness (QED) is 0.844. The van der Waals surface area contributed by atoms with Crippen LogP contribution in [0.2, 0.25) is 0 Å². The largest absolute Gasteiger partial charge is 0.394 e. The summed E-state index contributed by atoms with van der Waals surface area (Å²) >= 11 is 7.42. The summed E-state index contributed by atoms with van der Waals surface area (Å²) in [4.78, 5) is 6.81. The zero-order chi connectivity index (χ0) is 13.9. The first-order valence-corrected chi connectivity index (χ1v) is 7.94. The molecule has 1 aromatic heterocycles. The number of hydrogen-bond donors (Lipinski definition) is 1. The highest BCUT2D eigenvalue weighted by molar-refractivity contribution is 7.09. The predicted molar refractivity (Wildman–Crippen MR) is 77.9 cm³/mol. The Morgan fingerprint density at radius 1 is 1.63 bits per heavy atom. The molecule has 1 saturated heterocycles. The van der Waals surface area contributed by atoms with Gasteiger partial charge in [-0.2, -0.15) is 0 Å². The van der Waals surface area contributed by atoms with Crippen molar-refractivity contribution in [2.45, 2.75) is 37.9 Å². The van der Waals surface area contributed by atoms with Gasteiger partial charge < -0.3 is 9.84 Å². The molecule has 0 spiro atoms. The summed E-state index contributed by atoms with van der Waals surface area (Å²) < 4.78 is 5.80. The number of halogens is 1. The first-order valence-electron chi connectivity index (χ1n) is 6.52. The smallest absolute Gasteiger partial charge is 0.0941 e. The number of aliphatic hydroxyl groups is 1. The van der Waals surface area contributed by atoms with Gasteiger partial charge in [-0.1, -0.05) is 0 Å². The van der Waals surface area contributed by atoms with Gasteiger partial charge in [0.1, 0.15) is 0 Å². The number of aromatic nitrogens is 1. The number of hydrogen-bond acceptors (Lipinski definition) is 5. The second kappa shape index (κ2) is 6.50. The van der Waals surface area contributed by atoms with Crippen LogP contribution in [0.3, 0.4) is 0 Å². The molecule has 0 bridgehead atoms. The first-order chi connectivity index (χ1) is 9.02. The van der Waals surface area contributed by atoms with Crippen LogP contribution in [0.1, 0.15) is 24.5 Å². The number of rotatable bonds is 5. The fourth-order valence-corrected chi connectivity index (χ4v) is 3.48. The Morgan fingerprint density at radius 3 is 3.05 bits per heavy atom. The average Bonchev–Trinajstić information content (AvgIpc) is 2.82. The SMILES string of the molecule is CC1(C)CN(CCc2nc(CCl)cs2)CC(CO)O1. The van der Waals surface area contributed by atoms with Crippen LogP contribution in [0, 0.1) is 0 Å². The topological polar surface area (TPSA) is 45.6 Å². The van der Waals surface area contributed by atoms with Crippen molar-refractivity contribution in [1.82, 2.24) is 9.88 Å². The van der Waals surface area contributed by atoms with Gasteiger partial charge >= 0.3 is 0 Å². The lowest BCUT2D eigenvalue weighted by Gasteiger charge is -2.42. The molecule has 4 nitrogen and oxygen atoms in total. The van der Waals surface area contributed by atoms with E-state index in [1.807, 2.05) is 5.38 Å². The molecule has 1 fully saturated rings. The number of thiazole rings is 1. The Hall–Kier alpha value is -0.200. The molecule has 6 heteroatoms. The van der Waals surface area contributed by atoms with Crippen molar-refractivity contribution in [3.8, 4) is 0 Å². The number of ether oxygens (including phenoxy) is 1. The lowest BCUT2D eigenvalue weighted by Crippen LogP contribution is -2.54. The molecule has 1 unspecified atom stereocenters. The molecule has 1 N–H and O–H groups in total. The van der Waals surface area contributed by atoms with Gasteiger partial charge in [-0.15, -0.1) is 22.9 Å². The van der Waals surface area contributed by atoms with E-state index in [2.05, 4.69) is 23.7 Å². The van der Waals surface area contributed by atoms with E-state index in [4.69, 9.17) is 16.3 Å². The summed E-state index contributed by atoms with van der Waals surface area (Å²) in [6, 6.07) is 0. The number of morpholine rings is 1. The number of aliphatic hydroxyl groups excluding tert-OH is 1. The molecule has 2 rings (SSSR count). The van der Waals surface area contributed by atoms with E-state index in [0.717, 1.165) is 36.8 Å². The summed E-state index contributed by atoms with van der Waals surface area (Å²) in [6.45, 7) is 6.82. The molecule has 1 aliphatic rings. The number of alkyl halides is 1. The highest BCUT2D eigenvalue weighted by atomic mass is 35.5. The fourth-order valence-electron chi connectivity index (χ4n) is 2.46. The summed E-state index contributed by atoms with van der Waals surface area (Å²) in [5.74, 6) is 0.480. The molecule has 0 aliphatic carbocycles. The minimum atomic E-state index is -0.199. The van der Waals surface area contributed by atoms with Crippen LogP contribution < -0.4 is 0 Å². The molecule has 0 aromatic carbocycles. The maximum absolute atomic E-state index is 9.28. The van der Waals surface area contributed by atoms with E-state index >= 15 is 0 Å². The number of nitrogens with zero attached hydrogens (tertiary/aromatic N) is 2. The molecule has 0 radical (unpaired) electrons. The molecule has 19 heavy (non-hydrogen) atoms. The van der Waals surface area contributed by atoms with E-state index < -0.39 is 0 Å². The minimum Gasteiger partial charge on any atom is -0.394 e. The zero-order valence-corrected chi connectivity index (χ0v) is 13.0. The van der Waals surface area contributed by atoms with Gasteiger partial charge in [0.2, 0.25) is 0 Å². The van der Waals surface area contributed by atoms with Crippen LogP contribution in [-0.2, 0) is 17.0 Å². The Bertz CT molecular complexity index is 411. The third-order valence-electron chi connectivity index (χ3n) is 3.13. The average molecular weight is 305 g/mol. The summed E-state index contributed by atoms with van der Waals surface area (Å²) in [5, 5.41) is 12.4. The minimum absolute atomic E-state index is 0.0770. The van der Waals surface area contributed by atoms with Crippen LogP contribution in [0.15, 0.2) is 5.38 Å². The van der Waals surface area contributed by atoms with Crippen LogP contribution >= 0.6 is 22.9 Å². The van der Waals surface area contributed by atoms with E-state index in [1.165, 1.54) is 0 Å². The van der Waals surface area contributed by atoms with Crippen molar-refractivity contribution in [3.05, 3.63) is 16.1 Å². The van der Waals surface area contributed by atoms with Crippen molar-refractivity contribution in [3.63, 3.8) is 0 Å². The second-order valence-electron chi connectivity index (χ2n) is 5.53. The molecule has 1 atom stereocenters. The van der Waals surface area contributed by atoms with Crippen molar-refractivity contribution >= 4 is 22.9 Å². The third-order valence-corrected chi connectivity index (χ3v) is 4.36. The van der Waals surface area contributed by atoms with Crippen LogP contribution in [0.25, 0.3) is 0 Å². The van der Waals surface area contributed by atoms with Crippen molar-refractivity contribution < 1.29 is 9.84 Å². The third kappa shape index (κ3) is 4.39. The van der Waals surface area contributed by atoms with Crippen LogP contribution in [0.5, 0.6) is 0 Å². The van der Waals surface area contributed by atoms with Crippen molar-refractivity contribution in [2.24, 2.45) is 0 Å². The summed E-state index contributed by atoms with van der Waals surface area (Å²) in [7, 11) is 0. The Kier molecular flexibility index (Phi) is 5.20. The standard InChI is InChI=1S/C13H21ClN2O2S/c1-13(2)9-16(6-11(7-17)18-13)4-3-12-15-10(5-14)8-19-12/h8,11,17H,3-7,9H2,1-2H3. The lowest BCUT2D eigenvalue weighted by molar-refractivity contribution is -0.148. The van der Waals surface area contributed by atoms with Gasteiger partial charge in [0, 0.05) is 31.4 Å². The second-order valence-corrected chi connectivity index (χ2v) is 6.74. The van der Waals surface area contributed by atoms with E-state index in [0.29, 0.717) is 5.88 Å². The van der Waals surface area contributed by atoms with Crippen LogP contribution in [0.4, 0.5) is 0 Å². The van der Waals surface area contributed by atoms with E-state index in [1.54, 1.807) is 11.3 Å². The summed E-state index contributed by atoms with van der Waals surface area (Å²) in [6.07, 6.45) is 0.842. The van der Waals surface area contributed by atoms with E-state index in [9.17, 15) is 5.11 Å². The highest BCUT2D eigenvalue weighted by Gasteiger charge is 2.32. The predicted octanol–water partition coefficient (Wildman–Crippen LogP) is 1.90. The molecular weight excluding hydrogens is 284 g/mol. The molecule has 1 aromatic rings. The maximum atomic E-state index is 9.28. The van der Waals surface area contributed by atoms with E-state index in [-0.39, 0.29) is 18.3 Å². The zero-order valence-electron chi connectivity index (χ0n) is 11.4. The molecule has 0 saturated carbocycles. The monoisotopic (exact) mass is 304 g/mol. The van der Waals surface area contributed by atoms with Crippen molar-refractivity contribution in [1.29, 1.82) is 0 Å². The van der Waals surface area contributed by atoms with Crippen molar-refractivity contribution in [2.75, 3.05) is 26.2 Å². The summed E-state index contributed by atoms with van der Waals surface area (Å²) in [5.41, 5.74) is 0.757. The van der Waals surface area contributed by atoms with Gasteiger partial charge in [-0.3, -0.25) is 4.90 Å². The van der Waals surface area contributed by atoms with Gasteiger partial charge in [-0.25, -0.2) is 4.98 Å². The molecule has 1 aliphatic heterocycles. The van der Waals surface area contributed by atoms with Gasteiger partial charge in [0.05, 0.1) is 34.9 Å². The van der Waals surface area contributed by atoms with Gasteiger partial charge in [0.15, 0.2) is 0 Å². The normalized spacial score (nSPS) is 23.7. The Labute approximate surface area is 123 Å². The maximum Gasteiger partial charge on any atom is 0.0941 e. The Balaban J connectivity index is 1.87. The molecule has 108 valence electrons. The fraction of sp³-hybridized carbons (Fsp3) is 0.769.